The maximum absolute atomic E-state index is 13.2. The molecule has 2 aliphatic rings. The molecule has 0 saturated carbocycles. The van der Waals surface area contributed by atoms with Crippen LogP contribution >= 0.6 is 0 Å². The fourth-order valence-electron chi connectivity index (χ4n) is 5.47. The standard InChI is InChI=1S/C29H32O15/c1-10-25(41-11(2)31)23(38)24(39)29(40-10)44-28-22(37)21(36)18(9-30)43-27(28)20-15(34)7-14(33)19-16(35)8-17(42-26(19)20)12-3-5-13(32)6-4-12/h3-8,10,18,21-25,27-30,32-34,36-39H,9H2,1-2H3/t10-,18-,21-,22-,23+,24-,25-,27+,28-,29-/m0/s1. The number of carbonyl (C=O) groups is 1. The minimum absolute atomic E-state index is 0.0409. The third kappa shape index (κ3) is 5.71. The lowest BCUT2D eigenvalue weighted by Crippen LogP contribution is -2.62. The Hall–Kier alpha value is -3.80. The van der Waals surface area contributed by atoms with Crippen molar-refractivity contribution in [1.29, 1.82) is 0 Å². The highest BCUT2D eigenvalue weighted by Gasteiger charge is 2.52. The fourth-order valence-corrected chi connectivity index (χ4v) is 5.47. The van der Waals surface area contributed by atoms with Gasteiger partial charge in [-0.05, 0) is 31.2 Å². The summed E-state index contributed by atoms with van der Waals surface area (Å²) in [4.78, 5) is 24.7. The predicted molar refractivity (Wildman–Crippen MR) is 146 cm³/mol. The number of ether oxygens (including phenoxy) is 4. The molecular weight excluding hydrogens is 588 g/mol. The molecule has 2 saturated heterocycles. The van der Waals surface area contributed by atoms with Crippen molar-refractivity contribution in [2.45, 2.75) is 75.1 Å². The first-order valence-electron chi connectivity index (χ1n) is 13.6. The summed E-state index contributed by atoms with van der Waals surface area (Å²) in [6, 6.07) is 7.49. The summed E-state index contributed by atoms with van der Waals surface area (Å²) >= 11 is 0. The number of hydrogen-bond donors (Lipinski definition) is 8. The molecular formula is C29H32O15. The molecule has 44 heavy (non-hydrogen) atoms. The molecule has 0 bridgehead atoms. The van der Waals surface area contributed by atoms with Crippen LogP contribution in [0.15, 0.2) is 45.6 Å². The normalized spacial score (nSPS) is 32.4. The highest BCUT2D eigenvalue weighted by molar-refractivity contribution is 5.89. The quantitative estimate of drug-likeness (QED) is 0.162. The second kappa shape index (κ2) is 12.3. The number of benzene rings is 2. The Labute approximate surface area is 248 Å². The van der Waals surface area contributed by atoms with Gasteiger partial charge in [-0.3, -0.25) is 9.59 Å². The topological polar surface area (TPSA) is 246 Å². The van der Waals surface area contributed by atoms with Crippen LogP contribution in [-0.4, -0.2) is 109 Å². The summed E-state index contributed by atoms with van der Waals surface area (Å²) < 4.78 is 28.4. The van der Waals surface area contributed by atoms with Crippen molar-refractivity contribution in [2.24, 2.45) is 0 Å². The van der Waals surface area contributed by atoms with Crippen molar-refractivity contribution in [2.75, 3.05) is 6.61 Å². The molecule has 0 amide bonds. The van der Waals surface area contributed by atoms with Gasteiger partial charge in [-0.15, -0.1) is 0 Å². The minimum Gasteiger partial charge on any atom is -0.508 e. The summed E-state index contributed by atoms with van der Waals surface area (Å²) in [5.41, 5.74) is -1.13. The molecule has 0 unspecified atom stereocenters. The van der Waals surface area contributed by atoms with Crippen LogP contribution in [-0.2, 0) is 23.7 Å². The molecule has 10 atom stereocenters. The summed E-state index contributed by atoms with van der Waals surface area (Å²) in [5.74, 6) is -2.18. The lowest BCUT2D eigenvalue weighted by molar-refractivity contribution is -0.338. The average molecular weight is 621 g/mol. The van der Waals surface area contributed by atoms with Crippen molar-refractivity contribution in [3.8, 4) is 28.6 Å². The molecule has 238 valence electrons. The first-order valence-corrected chi connectivity index (χ1v) is 13.6. The van der Waals surface area contributed by atoms with E-state index in [2.05, 4.69) is 0 Å². The zero-order chi connectivity index (χ0) is 32.0. The van der Waals surface area contributed by atoms with Crippen molar-refractivity contribution < 1.29 is 69.0 Å². The van der Waals surface area contributed by atoms with Crippen LogP contribution in [0.25, 0.3) is 22.3 Å². The zero-order valence-electron chi connectivity index (χ0n) is 23.4. The second-order valence-electron chi connectivity index (χ2n) is 10.7. The number of aromatic hydroxyl groups is 3. The van der Waals surface area contributed by atoms with Crippen molar-refractivity contribution in [3.05, 3.63) is 52.2 Å². The number of phenols is 3. The van der Waals surface area contributed by atoms with Crippen LogP contribution in [0.2, 0.25) is 0 Å². The van der Waals surface area contributed by atoms with Gasteiger partial charge in [0.1, 0.15) is 71.1 Å². The number of aliphatic hydroxyl groups is 5. The molecule has 3 aromatic rings. The van der Waals surface area contributed by atoms with E-state index in [0.717, 1.165) is 19.1 Å². The summed E-state index contributed by atoms with van der Waals surface area (Å²) in [6.07, 6.45) is -16.0. The van der Waals surface area contributed by atoms with E-state index in [9.17, 15) is 50.4 Å². The molecule has 8 N–H and O–H groups in total. The Morgan fingerprint density at radius 2 is 1.55 bits per heavy atom. The Morgan fingerprint density at radius 3 is 2.18 bits per heavy atom. The van der Waals surface area contributed by atoms with Crippen LogP contribution < -0.4 is 5.43 Å². The third-order valence-electron chi connectivity index (χ3n) is 7.67. The number of aliphatic hydroxyl groups excluding tert-OH is 5. The van der Waals surface area contributed by atoms with Gasteiger partial charge in [0.05, 0.1) is 18.3 Å². The Balaban J connectivity index is 1.62. The van der Waals surface area contributed by atoms with Crippen molar-refractivity contribution >= 4 is 16.9 Å². The van der Waals surface area contributed by atoms with Crippen LogP contribution in [0.3, 0.4) is 0 Å². The molecule has 5 rings (SSSR count). The average Bonchev–Trinajstić information content (AvgIpc) is 2.96. The monoisotopic (exact) mass is 620 g/mol. The molecule has 15 heteroatoms. The van der Waals surface area contributed by atoms with E-state index >= 15 is 0 Å². The minimum atomic E-state index is -1.88. The third-order valence-corrected chi connectivity index (χ3v) is 7.67. The number of hydrogen-bond acceptors (Lipinski definition) is 15. The number of carbonyl (C=O) groups excluding carboxylic acids is 1. The zero-order valence-corrected chi connectivity index (χ0v) is 23.4. The van der Waals surface area contributed by atoms with Crippen LogP contribution in [0, 0.1) is 0 Å². The highest BCUT2D eigenvalue weighted by atomic mass is 16.7. The second-order valence-corrected chi connectivity index (χ2v) is 10.7. The summed E-state index contributed by atoms with van der Waals surface area (Å²) in [5, 5.41) is 84.0. The molecule has 0 radical (unpaired) electrons. The van der Waals surface area contributed by atoms with Crippen LogP contribution in [0.1, 0.15) is 25.5 Å². The fraction of sp³-hybridized carbons (Fsp3) is 0.448. The largest absolute Gasteiger partial charge is 0.508 e. The molecule has 2 aromatic carbocycles. The molecule has 2 fully saturated rings. The molecule has 1 aromatic heterocycles. The maximum Gasteiger partial charge on any atom is 0.303 e. The number of fused-ring (bicyclic) bond motifs is 1. The van der Waals surface area contributed by atoms with E-state index in [0.29, 0.717) is 5.56 Å². The smallest absolute Gasteiger partial charge is 0.303 e. The van der Waals surface area contributed by atoms with Gasteiger partial charge < -0.3 is 64.2 Å². The van der Waals surface area contributed by atoms with Crippen LogP contribution in [0.5, 0.6) is 17.2 Å². The van der Waals surface area contributed by atoms with Gasteiger partial charge in [-0.2, -0.15) is 0 Å². The lowest BCUT2D eigenvalue weighted by atomic mass is 9.89. The van der Waals surface area contributed by atoms with E-state index in [1.807, 2.05) is 0 Å². The maximum atomic E-state index is 13.2. The van der Waals surface area contributed by atoms with E-state index < -0.39 is 96.3 Å². The van der Waals surface area contributed by atoms with Gasteiger partial charge in [-0.1, -0.05) is 0 Å². The van der Waals surface area contributed by atoms with E-state index in [-0.39, 0.29) is 22.5 Å². The van der Waals surface area contributed by atoms with Gasteiger partial charge in [0, 0.05) is 24.6 Å². The summed E-state index contributed by atoms with van der Waals surface area (Å²) in [7, 11) is 0. The van der Waals surface area contributed by atoms with Crippen LogP contribution in [0.4, 0.5) is 0 Å². The molecule has 2 aliphatic heterocycles. The van der Waals surface area contributed by atoms with Crippen molar-refractivity contribution in [3.63, 3.8) is 0 Å². The SMILES string of the molecule is CC(=O)O[C@@H]1[C@H](O)[C@H](O)[C@H](O[C@H]2[C@@H](O)[C@@H](O)[C@H](CO)O[C@@H]2c2c(O)cc(O)c3c(=O)cc(-c4ccc(O)cc4)oc23)O[C@H]1C. The summed E-state index contributed by atoms with van der Waals surface area (Å²) in [6.45, 7) is 1.73. The van der Waals surface area contributed by atoms with E-state index in [1.165, 1.54) is 31.2 Å². The van der Waals surface area contributed by atoms with Gasteiger partial charge in [0.25, 0.3) is 0 Å². The van der Waals surface area contributed by atoms with E-state index in [1.54, 1.807) is 0 Å². The van der Waals surface area contributed by atoms with Gasteiger partial charge in [0.2, 0.25) is 0 Å². The highest BCUT2D eigenvalue weighted by Crippen LogP contribution is 2.45. The molecule has 3 heterocycles. The lowest BCUT2D eigenvalue weighted by Gasteiger charge is -2.46. The molecule has 0 aliphatic carbocycles. The molecule has 15 nitrogen and oxygen atoms in total. The van der Waals surface area contributed by atoms with Crippen molar-refractivity contribution in [1.82, 2.24) is 0 Å². The number of rotatable bonds is 6. The first kappa shape index (κ1) is 31.6. The Morgan fingerprint density at radius 1 is 0.886 bits per heavy atom. The molecule has 0 spiro atoms. The van der Waals surface area contributed by atoms with E-state index in [4.69, 9.17) is 23.4 Å². The first-order chi connectivity index (χ1) is 20.8. The number of phenolic OH excluding ortho intramolecular Hbond substituents is 3. The number of esters is 1. The predicted octanol–water partition coefficient (Wildman–Crippen LogP) is -0.486. The van der Waals surface area contributed by atoms with Gasteiger partial charge in [0.15, 0.2) is 23.4 Å². The Kier molecular flexibility index (Phi) is 8.84. The Bertz CT molecular complexity index is 1570. The van der Waals surface area contributed by atoms with Gasteiger partial charge >= 0.3 is 5.97 Å². The van der Waals surface area contributed by atoms with Gasteiger partial charge in [-0.25, -0.2) is 0 Å².